The van der Waals surface area contributed by atoms with Gasteiger partial charge in [0.15, 0.2) is 11.5 Å². The molecule has 5 heteroatoms. The van der Waals surface area contributed by atoms with E-state index in [1.807, 2.05) is 38.1 Å². The highest BCUT2D eigenvalue weighted by atomic mass is 16.7. The molecule has 0 saturated heterocycles. The van der Waals surface area contributed by atoms with Gasteiger partial charge in [-0.05, 0) is 18.2 Å². The van der Waals surface area contributed by atoms with E-state index in [2.05, 4.69) is 15.5 Å². The van der Waals surface area contributed by atoms with Crippen molar-refractivity contribution in [3.63, 3.8) is 0 Å². The van der Waals surface area contributed by atoms with E-state index in [0.717, 1.165) is 22.9 Å². The summed E-state index contributed by atoms with van der Waals surface area (Å²) in [5, 5.41) is 10.1. The summed E-state index contributed by atoms with van der Waals surface area (Å²) in [5.74, 6) is 0.978. The second kappa shape index (κ2) is 3.94. The van der Waals surface area contributed by atoms with Gasteiger partial charge in [0.05, 0.1) is 12.2 Å². The van der Waals surface area contributed by atoms with Crippen LogP contribution < -0.4 is 14.8 Å². The summed E-state index contributed by atoms with van der Waals surface area (Å²) in [6.07, 6.45) is 1.74. The molecule has 0 unspecified atom stereocenters. The Balaban J connectivity index is 1.72. The second-order valence-electron chi connectivity index (χ2n) is 4.70. The van der Waals surface area contributed by atoms with Gasteiger partial charge in [0.1, 0.15) is 0 Å². The van der Waals surface area contributed by atoms with E-state index in [0.29, 0.717) is 6.54 Å². The third-order valence-corrected chi connectivity index (χ3v) is 2.70. The van der Waals surface area contributed by atoms with E-state index in [1.54, 1.807) is 6.20 Å². The monoisotopic (exact) mass is 245 g/mol. The molecule has 0 spiro atoms. The molecule has 0 radical (unpaired) electrons. The van der Waals surface area contributed by atoms with Gasteiger partial charge in [0.2, 0.25) is 5.79 Å². The molecule has 2 N–H and O–H groups in total. The maximum atomic E-state index is 5.69. The van der Waals surface area contributed by atoms with Crippen molar-refractivity contribution < 1.29 is 9.47 Å². The minimum atomic E-state index is -0.579. The molecular weight excluding hydrogens is 230 g/mol. The van der Waals surface area contributed by atoms with Gasteiger partial charge < -0.3 is 14.8 Å². The van der Waals surface area contributed by atoms with Gasteiger partial charge in [0.25, 0.3) is 0 Å². The predicted molar refractivity (Wildman–Crippen MR) is 67.7 cm³/mol. The van der Waals surface area contributed by atoms with Crippen molar-refractivity contribution in [2.45, 2.75) is 26.2 Å². The number of hydrogen-bond donors (Lipinski definition) is 2. The first kappa shape index (κ1) is 11.0. The highest BCUT2D eigenvalue weighted by molar-refractivity contribution is 5.56. The van der Waals surface area contributed by atoms with Crippen LogP contribution >= 0.6 is 0 Å². The standard InChI is InChI=1S/C13H15N3O2/c1-13(2)17-11-4-3-9(7-12(11)18-13)14-8-10-5-6-15-16-10/h3-7,14H,8H2,1-2H3,(H,15,16). The van der Waals surface area contributed by atoms with E-state index >= 15 is 0 Å². The Morgan fingerprint density at radius 1 is 1.22 bits per heavy atom. The number of aromatic amines is 1. The number of anilines is 1. The first-order chi connectivity index (χ1) is 8.62. The summed E-state index contributed by atoms with van der Waals surface area (Å²) >= 11 is 0. The zero-order chi connectivity index (χ0) is 12.6. The Hall–Kier alpha value is -2.17. The minimum Gasteiger partial charge on any atom is -0.449 e. The van der Waals surface area contributed by atoms with Crippen molar-refractivity contribution >= 4 is 5.69 Å². The molecule has 3 rings (SSSR count). The van der Waals surface area contributed by atoms with Crippen molar-refractivity contribution in [2.75, 3.05) is 5.32 Å². The average Bonchev–Trinajstić information content (AvgIpc) is 2.90. The molecule has 1 aromatic carbocycles. The van der Waals surface area contributed by atoms with E-state index in [4.69, 9.17) is 9.47 Å². The fourth-order valence-electron chi connectivity index (χ4n) is 1.91. The number of nitrogens with one attached hydrogen (secondary N) is 2. The second-order valence-corrected chi connectivity index (χ2v) is 4.70. The Labute approximate surface area is 105 Å². The first-order valence-corrected chi connectivity index (χ1v) is 5.87. The first-order valence-electron chi connectivity index (χ1n) is 5.87. The molecular formula is C13H15N3O2. The molecule has 5 nitrogen and oxygen atoms in total. The van der Waals surface area contributed by atoms with E-state index in [-0.39, 0.29) is 0 Å². The maximum absolute atomic E-state index is 5.69. The van der Waals surface area contributed by atoms with Crippen molar-refractivity contribution in [2.24, 2.45) is 0 Å². The summed E-state index contributed by atoms with van der Waals surface area (Å²) in [7, 11) is 0. The van der Waals surface area contributed by atoms with Gasteiger partial charge >= 0.3 is 0 Å². The summed E-state index contributed by atoms with van der Waals surface area (Å²) < 4.78 is 11.3. The van der Waals surface area contributed by atoms with Crippen LogP contribution in [0.15, 0.2) is 30.5 Å². The lowest BCUT2D eigenvalue weighted by molar-refractivity contribution is -0.0431. The molecule has 0 amide bonds. The molecule has 1 aliphatic heterocycles. The van der Waals surface area contributed by atoms with Crippen LogP contribution in [0.3, 0.4) is 0 Å². The number of nitrogens with zero attached hydrogens (tertiary/aromatic N) is 1. The van der Waals surface area contributed by atoms with Crippen molar-refractivity contribution in [3.8, 4) is 11.5 Å². The smallest absolute Gasteiger partial charge is 0.246 e. The van der Waals surface area contributed by atoms with Gasteiger partial charge in [0, 0.05) is 31.8 Å². The summed E-state index contributed by atoms with van der Waals surface area (Å²) in [5.41, 5.74) is 2.03. The zero-order valence-electron chi connectivity index (χ0n) is 10.4. The maximum Gasteiger partial charge on any atom is 0.246 e. The van der Waals surface area contributed by atoms with Gasteiger partial charge in [-0.3, -0.25) is 5.10 Å². The summed E-state index contributed by atoms with van der Waals surface area (Å²) in [6, 6.07) is 7.77. The third-order valence-electron chi connectivity index (χ3n) is 2.70. The molecule has 1 aliphatic rings. The quantitative estimate of drug-likeness (QED) is 0.872. The topological polar surface area (TPSA) is 59.2 Å². The molecule has 2 aromatic rings. The molecule has 2 heterocycles. The fraction of sp³-hybridized carbons (Fsp3) is 0.308. The molecule has 1 aromatic heterocycles. The molecule has 0 atom stereocenters. The molecule has 18 heavy (non-hydrogen) atoms. The van der Waals surface area contributed by atoms with Crippen molar-refractivity contribution in [3.05, 3.63) is 36.2 Å². The lowest BCUT2D eigenvalue weighted by atomic mass is 10.2. The number of ether oxygens (including phenoxy) is 2. The zero-order valence-corrected chi connectivity index (χ0v) is 10.4. The van der Waals surface area contributed by atoms with Gasteiger partial charge in [-0.15, -0.1) is 0 Å². The van der Waals surface area contributed by atoms with Crippen LogP contribution in [-0.2, 0) is 6.54 Å². The largest absolute Gasteiger partial charge is 0.449 e. The molecule has 0 bridgehead atoms. The number of rotatable bonds is 3. The molecule has 0 fully saturated rings. The lowest BCUT2D eigenvalue weighted by Gasteiger charge is -2.16. The Bertz CT molecular complexity index is 549. The SMILES string of the molecule is CC1(C)Oc2ccc(NCc3ccn[nH]3)cc2O1. The summed E-state index contributed by atoms with van der Waals surface area (Å²) in [6.45, 7) is 4.48. The van der Waals surface area contributed by atoms with E-state index in [1.165, 1.54) is 0 Å². The van der Waals surface area contributed by atoms with Crippen LogP contribution in [0.4, 0.5) is 5.69 Å². The molecule has 0 aliphatic carbocycles. The molecule has 0 saturated carbocycles. The van der Waals surface area contributed by atoms with E-state index < -0.39 is 5.79 Å². The number of fused-ring (bicyclic) bond motifs is 1. The predicted octanol–water partition coefficient (Wildman–Crippen LogP) is 2.53. The van der Waals surface area contributed by atoms with Crippen molar-refractivity contribution in [1.29, 1.82) is 0 Å². The highest BCUT2D eigenvalue weighted by Crippen LogP contribution is 2.40. The van der Waals surface area contributed by atoms with Gasteiger partial charge in [-0.2, -0.15) is 5.10 Å². The highest BCUT2D eigenvalue weighted by Gasteiger charge is 2.31. The number of aromatic nitrogens is 2. The number of hydrogen-bond acceptors (Lipinski definition) is 4. The van der Waals surface area contributed by atoms with Crippen LogP contribution in [-0.4, -0.2) is 16.0 Å². The van der Waals surface area contributed by atoms with Crippen molar-refractivity contribution in [1.82, 2.24) is 10.2 Å². The summed E-state index contributed by atoms with van der Waals surface area (Å²) in [4.78, 5) is 0. The van der Waals surface area contributed by atoms with Crippen LogP contribution in [0.1, 0.15) is 19.5 Å². The third kappa shape index (κ3) is 2.11. The average molecular weight is 245 g/mol. The Morgan fingerprint density at radius 3 is 2.83 bits per heavy atom. The lowest BCUT2D eigenvalue weighted by Crippen LogP contribution is -2.29. The number of H-pyrrole nitrogens is 1. The minimum absolute atomic E-state index is 0.579. The Kier molecular flexibility index (Phi) is 2.40. The molecule has 94 valence electrons. The fourth-order valence-corrected chi connectivity index (χ4v) is 1.91. The van der Waals surface area contributed by atoms with Gasteiger partial charge in [-0.25, -0.2) is 0 Å². The van der Waals surface area contributed by atoms with Crippen LogP contribution in [0.2, 0.25) is 0 Å². The van der Waals surface area contributed by atoms with Crippen LogP contribution in [0.5, 0.6) is 11.5 Å². The van der Waals surface area contributed by atoms with E-state index in [9.17, 15) is 0 Å². The Morgan fingerprint density at radius 2 is 2.06 bits per heavy atom. The van der Waals surface area contributed by atoms with Crippen LogP contribution in [0.25, 0.3) is 0 Å². The normalized spacial score (nSPS) is 15.7. The number of benzene rings is 1. The van der Waals surface area contributed by atoms with Crippen LogP contribution in [0, 0.1) is 0 Å². The van der Waals surface area contributed by atoms with Gasteiger partial charge in [-0.1, -0.05) is 0 Å².